The zero-order valence-corrected chi connectivity index (χ0v) is 13.9. The predicted octanol–water partition coefficient (Wildman–Crippen LogP) is 1.69. The molecule has 1 aromatic rings. The molecule has 1 unspecified atom stereocenters. The van der Waals surface area contributed by atoms with E-state index in [1.165, 1.54) is 22.2 Å². The topological polar surface area (TPSA) is 66.9 Å². The molecule has 0 N–H and O–H groups in total. The van der Waals surface area contributed by atoms with Crippen molar-refractivity contribution in [1.29, 1.82) is 0 Å². The van der Waals surface area contributed by atoms with Gasteiger partial charge in [-0.3, -0.25) is 9.80 Å². The Labute approximate surface area is 137 Å². The second kappa shape index (κ2) is 6.60. The number of nitrogens with zero attached hydrogens (tertiary/aromatic N) is 2. The summed E-state index contributed by atoms with van der Waals surface area (Å²) in [6.07, 6.45) is -4.49. The van der Waals surface area contributed by atoms with E-state index in [9.17, 15) is 26.4 Å². The highest BCUT2D eigenvalue weighted by molar-refractivity contribution is 7.91. The molecule has 1 fully saturated rings. The minimum absolute atomic E-state index is 0.00759. The van der Waals surface area contributed by atoms with E-state index in [2.05, 4.69) is 4.74 Å². The number of alkyl halides is 3. The van der Waals surface area contributed by atoms with Crippen molar-refractivity contribution in [1.82, 2.24) is 10.0 Å². The van der Waals surface area contributed by atoms with Gasteiger partial charge in [-0.2, -0.15) is 0 Å². The standard InChI is InChI=1S/C14H17F3N2O4S/c1-18(2)19(11-7-8-24(21,22)9-11)13(20)10-3-5-12(6-4-10)23-14(15,16)17/h3-6,11H,7-9H2,1-2H3. The third-order valence-corrected chi connectivity index (χ3v) is 5.28. The Morgan fingerprint density at radius 3 is 2.21 bits per heavy atom. The number of hydrogen-bond acceptors (Lipinski definition) is 5. The molecule has 1 saturated heterocycles. The first kappa shape index (κ1) is 18.5. The summed E-state index contributed by atoms with van der Waals surface area (Å²) >= 11 is 0. The maximum Gasteiger partial charge on any atom is 0.573 e. The highest BCUT2D eigenvalue weighted by Crippen LogP contribution is 2.25. The van der Waals surface area contributed by atoms with Crippen LogP contribution >= 0.6 is 0 Å². The first-order valence-electron chi connectivity index (χ1n) is 7.05. The molecule has 1 aromatic carbocycles. The van der Waals surface area contributed by atoms with Crippen molar-refractivity contribution in [2.75, 3.05) is 25.6 Å². The molecule has 0 bridgehead atoms. The van der Waals surface area contributed by atoms with Gasteiger partial charge in [0.2, 0.25) is 0 Å². The van der Waals surface area contributed by atoms with Crippen molar-refractivity contribution in [2.45, 2.75) is 18.8 Å². The second-order valence-corrected chi connectivity index (χ2v) is 7.85. The smallest absolute Gasteiger partial charge is 0.406 e. The van der Waals surface area contributed by atoms with Crippen LogP contribution in [-0.2, 0) is 9.84 Å². The van der Waals surface area contributed by atoms with Gasteiger partial charge < -0.3 is 4.74 Å². The highest BCUT2D eigenvalue weighted by Gasteiger charge is 2.36. The van der Waals surface area contributed by atoms with Gasteiger partial charge in [0, 0.05) is 19.7 Å². The molecule has 1 amide bonds. The van der Waals surface area contributed by atoms with Crippen LogP contribution < -0.4 is 4.74 Å². The number of ether oxygens (including phenoxy) is 1. The van der Waals surface area contributed by atoms with Crippen LogP contribution in [0, 0.1) is 0 Å². The molecule has 1 atom stereocenters. The van der Waals surface area contributed by atoms with Crippen LogP contribution in [0.25, 0.3) is 0 Å². The zero-order chi connectivity index (χ0) is 18.1. The molecule has 0 aliphatic carbocycles. The van der Waals surface area contributed by atoms with Crippen molar-refractivity contribution in [3.8, 4) is 5.75 Å². The Balaban J connectivity index is 2.18. The van der Waals surface area contributed by atoms with Gasteiger partial charge in [0.15, 0.2) is 9.84 Å². The molecular formula is C14H17F3N2O4S. The van der Waals surface area contributed by atoms with Gasteiger partial charge in [0.1, 0.15) is 5.75 Å². The van der Waals surface area contributed by atoms with Crippen molar-refractivity contribution in [2.24, 2.45) is 0 Å². The van der Waals surface area contributed by atoms with E-state index in [1.54, 1.807) is 14.1 Å². The van der Waals surface area contributed by atoms with Crippen molar-refractivity contribution < 1.29 is 31.1 Å². The number of hydrazine groups is 1. The van der Waals surface area contributed by atoms with E-state index < -0.39 is 33.9 Å². The summed E-state index contributed by atoms with van der Waals surface area (Å²) in [6, 6.07) is 4.01. The second-order valence-electron chi connectivity index (χ2n) is 5.63. The molecule has 6 nitrogen and oxygen atoms in total. The fraction of sp³-hybridized carbons (Fsp3) is 0.500. The van der Waals surface area contributed by atoms with Gasteiger partial charge in [0.25, 0.3) is 5.91 Å². The summed E-state index contributed by atoms with van der Waals surface area (Å²) in [4.78, 5) is 12.6. The molecule has 10 heteroatoms. The molecule has 1 aliphatic heterocycles. The molecule has 24 heavy (non-hydrogen) atoms. The van der Waals surface area contributed by atoms with Gasteiger partial charge in [0.05, 0.1) is 17.5 Å². The van der Waals surface area contributed by atoms with E-state index in [0.717, 1.165) is 12.1 Å². The van der Waals surface area contributed by atoms with Crippen molar-refractivity contribution in [3.05, 3.63) is 29.8 Å². The molecule has 0 aromatic heterocycles. The first-order chi connectivity index (χ1) is 11.0. The molecule has 2 rings (SSSR count). The lowest BCUT2D eigenvalue weighted by Gasteiger charge is -2.33. The average molecular weight is 366 g/mol. The number of halogens is 3. The largest absolute Gasteiger partial charge is 0.573 e. The van der Waals surface area contributed by atoms with Crippen molar-refractivity contribution in [3.63, 3.8) is 0 Å². The van der Waals surface area contributed by atoms with Crippen LogP contribution in [0.1, 0.15) is 16.8 Å². The number of carbonyl (C=O) groups is 1. The third-order valence-electron chi connectivity index (χ3n) is 3.53. The molecular weight excluding hydrogens is 349 g/mol. The molecule has 0 saturated carbocycles. The van der Waals surface area contributed by atoms with E-state index in [-0.39, 0.29) is 17.1 Å². The van der Waals surface area contributed by atoms with Gasteiger partial charge >= 0.3 is 6.36 Å². The van der Waals surface area contributed by atoms with Gasteiger partial charge in [-0.05, 0) is 30.7 Å². The number of sulfone groups is 1. The van der Waals surface area contributed by atoms with E-state index in [0.29, 0.717) is 6.42 Å². The summed E-state index contributed by atoms with van der Waals surface area (Å²) in [5.74, 6) is -1.04. The molecule has 1 heterocycles. The summed E-state index contributed by atoms with van der Waals surface area (Å²) in [5.41, 5.74) is 0.141. The quantitative estimate of drug-likeness (QED) is 0.759. The molecule has 1 aliphatic rings. The lowest BCUT2D eigenvalue weighted by atomic mass is 10.1. The number of carbonyl (C=O) groups excluding carboxylic acids is 1. The van der Waals surface area contributed by atoms with Gasteiger partial charge in [-0.15, -0.1) is 13.2 Å². The van der Waals surface area contributed by atoms with Gasteiger partial charge in [-0.1, -0.05) is 0 Å². The third kappa shape index (κ3) is 4.60. The van der Waals surface area contributed by atoms with Crippen LogP contribution in [0.3, 0.4) is 0 Å². The van der Waals surface area contributed by atoms with E-state index in [4.69, 9.17) is 0 Å². The number of hydrogen-bond donors (Lipinski definition) is 0. The zero-order valence-electron chi connectivity index (χ0n) is 13.1. The Hall–Kier alpha value is -1.81. The SMILES string of the molecule is CN(C)N(C(=O)c1ccc(OC(F)(F)F)cc1)C1CCS(=O)(=O)C1. The Kier molecular flexibility index (Phi) is 5.09. The van der Waals surface area contributed by atoms with E-state index in [1.807, 2.05) is 0 Å². The van der Waals surface area contributed by atoms with Gasteiger partial charge in [-0.25, -0.2) is 13.4 Å². The number of rotatable bonds is 4. The maximum absolute atomic E-state index is 12.6. The minimum Gasteiger partial charge on any atom is -0.406 e. The summed E-state index contributed by atoms with van der Waals surface area (Å²) in [5, 5.41) is 2.79. The number of benzene rings is 1. The Bertz CT molecular complexity index is 702. The fourth-order valence-corrected chi connectivity index (χ4v) is 4.27. The van der Waals surface area contributed by atoms with E-state index >= 15 is 0 Å². The molecule has 134 valence electrons. The summed E-state index contributed by atoms with van der Waals surface area (Å²) in [6.45, 7) is 0. The van der Waals surface area contributed by atoms with Crippen LogP contribution in [0.5, 0.6) is 5.75 Å². The summed E-state index contributed by atoms with van der Waals surface area (Å²) < 4.78 is 63.5. The average Bonchev–Trinajstić information content (AvgIpc) is 2.77. The van der Waals surface area contributed by atoms with Crippen LogP contribution in [-0.4, -0.2) is 62.3 Å². The van der Waals surface area contributed by atoms with Crippen LogP contribution in [0.2, 0.25) is 0 Å². The Morgan fingerprint density at radius 2 is 1.79 bits per heavy atom. The molecule has 0 radical (unpaired) electrons. The van der Waals surface area contributed by atoms with Crippen molar-refractivity contribution >= 4 is 15.7 Å². The summed E-state index contributed by atoms with van der Waals surface area (Å²) in [7, 11) is 0.0200. The first-order valence-corrected chi connectivity index (χ1v) is 8.88. The molecule has 0 spiro atoms. The lowest BCUT2D eigenvalue weighted by Crippen LogP contribution is -2.49. The lowest BCUT2D eigenvalue weighted by molar-refractivity contribution is -0.274. The van der Waals surface area contributed by atoms with Crippen LogP contribution in [0.15, 0.2) is 24.3 Å². The number of amides is 1. The van der Waals surface area contributed by atoms with Crippen LogP contribution in [0.4, 0.5) is 13.2 Å². The predicted molar refractivity (Wildman–Crippen MR) is 80.0 cm³/mol. The normalized spacial score (nSPS) is 20.2. The fourth-order valence-electron chi connectivity index (χ4n) is 2.57. The monoisotopic (exact) mass is 366 g/mol. The Morgan fingerprint density at radius 1 is 1.21 bits per heavy atom. The highest BCUT2D eigenvalue weighted by atomic mass is 32.2. The maximum atomic E-state index is 12.6. The minimum atomic E-state index is -4.81.